The van der Waals surface area contributed by atoms with Crippen molar-refractivity contribution in [3.05, 3.63) is 0 Å². The monoisotopic (exact) mass is 100.0 g/mol. The van der Waals surface area contributed by atoms with Gasteiger partial charge in [0.05, 0.1) is 0 Å². The quantitative estimate of drug-likeness (QED) is 0.486. The highest BCUT2D eigenvalue weighted by atomic mass is 32.2. The van der Waals surface area contributed by atoms with Crippen LogP contribution in [-0.4, -0.2) is 6.86 Å². The predicted octanol–water partition coefficient (Wildman–Crippen LogP) is 1.46. The van der Waals surface area contributed by atoms with E-state index in [9.17, 15) is 8.28 Å². The summed E-state index contributed by atoms with van der Waals surface area (Å²) in [4.78, 5) is 0. The summed E-state index contributed by atoms with van der Waals surface area (Å²) in [7, 11) is 0. The Morgan fingerprint density at radius 1 is 1.80 bits per heavy atom. The van der Waals surface area contributed by atoms with Crippen LogP contribution < -0.4 is 0 Å². The van der Waals surface area contributed by atoms with E-state index in [1.807, 2.05) is 0 Å². The highest BCUT2D eigenvalue weighted by molar-refractivity contribution is 7.89. The Bertz CT molecular complexity index is 17.1. The fourth-order valence-corrected chi connectivity index (χ4v) is 0.0505. The van der Waals surface area contributed by atoms with Crippen LogP contribution in [0.3, 0.4) is 0 Å². The molecule has 0 aromatic rings. The van der Waals surface area contributed by atoms with Gasteiger partial charge < -0.3 is 0 Å². The van der Waals surface area contributed by atoms with Gasteiger partial charge in [-0.1, -0.05) is 0 Å². The molecule has 0 aromatic carbocycles. The Morgan fingerprint density at radius 2 is 2.40 bits per heavy atom. The van der Waals surface area contributed by atoms with Crippen molar-refractivity contribution in [2.24, 2.45) is 0 Å². The molecule has 0 heterocycles. The molecule has 0 spiro atoms. The lowest BCUT2D eigenvalue weighted by molar-refractivity contribution is 0.218. The van der Waals surface area contributed by atoms with Gasteiger partial charge in [0.15, 0.2) is 0 Å². The first-order valence-corrected chi connectivity index (χ1v) is 1.52. The van der Waals surface area contributed by atoms with E-state index in [2.05, 4.69) is 4.18 Å². The smallest absolute Gasteiger partial charge is 0.210 e. The second-order valence-electron chi connectivity index (χ2n) is 0.290. The van der Waals surface area contributed by atoms with Crippen molar-refractivity contribution in [3.63, 3.8) is 0 Å². The minimum absolute atomic E-state index is 0.473. The Labute approximate surface area is 32.8 Å². The van der Waals surface area contributed by atoms with Crippen LogP contribution in [0.15, 0.2) is 0 Å². The van der Waals surface area contributed by atoms with Crippen LogP contribution >= 0.6 is 12.4 Å². The SMILES string of the molecule is FCOSF. The summed E-state index contributed by atoms with van der Waals surface area (Å²) in [5.41, 5.74) is 0. The number of halogens is 2. The maximum absolute atomic E-state index is 10.5. The number of hydrogen-bond acceptors (Lipinski definition) is 2. The first-order chi connectivity index (χ1) is 2.41. The minimum atomic E-state index is -1.07. The van der Waals surface area contributed by atoms with Crippen LogP contribution in [-0.2, 0) is 4.18 Å². The molecule has 0 aliphatic carbocycles. The molecule has 0 fully saturated rings. The zero-order chi connectivity index (χ0) is 4.12. The van der Waals surface area contributed by atoms with Crippen molar-refractivity contribution in [2.45, 2.75) is 0 Å². The Balaban J connectivity index is 2.19. The molecule has 0 radical (unpaired) electrons. The molecule has 0 unspecified atom stereocenters. The van der Waals surface area contributed by atoms with Crippen molar-refractivity contribution >= 4 is 12.4 Å². The second kappa shape index (κ2) is 4.17. The van der Waals surface area contributed by atoms with Gasteiger partial charge >= 0.3 is 0 Å². The van der Waals surface area contributed by atoms with Gasteiger partial charge in [0.25, 0.3) is 0 Å². The van der Waals surface area contributed by atoms with E-state index >= 15 is 0 Å². The highest BCUT2D eigenvalue weighted by Crippen LogP contribution is 1.99. The third-order valence-corrected chi connectivity index (χ3v) is 0.267. The number of hydrogen-bond donors (Lipinski definition) is 0. The molecule has 0 aromatic heterocycles. The molecule has 0 atom stereocenters. The molecule has 0 aliphatic heterocycles. The van der Waals surface area contributed by atoms with Gasteiger partial charge in [-0.05, 0) is 0 Å². The van der Waals surface area contributed by atoms with Crippen LogP contribution in [0.1, 0.15) is 0 Å². The maximum Gasteiger partial charge on any atom is 0.210 e. The van der Waals surface area contributed by atoms with Gasteiger partial charge in [-0.15, -0.1) is 3.89 Å². The molecule has 0 saturated carbocycles. The molecule has 0 aliphatic rings. The van der Waals surface area contributed by atoms with Crippen molar-refractivity contribution in [1.29, 1.82) is 0 Å². The summed E-state index contributed by atoms with van der Waals surface area (Å²) >= 11 is -0.473. The van der Waals surface area contributed by atoms with Gasteiger partial charge in [0.1, 0.15) is 0 Å². The molecule has 4 heteroatoms. The summed E-state index contributed by atoms with van der Waals surface area (Å²) < 4.78 is 24.4. The van der Waals surface area contributed by atoms with Gasteiger partial charge in [-0.3, -0.25) is 4.18 Å². The van der Waals surface area contributed by atoms with E-state index < -0.39 is 19.3 Å². The standard InChI is InChI=1S/CH2F2OS/c2-1-4-5-3/h1H2. The van der Waals surface area contributed by atoms with Crippen LogP contribution in [0.5, 0.6) is 0 Å². The van der Waals surface area contributed by atoms with E-state index in [1.165, 1.54) is 0 Å². The summed E-state index contributed by atoms with van der Waals surface area (Å²) in [5.74, 6) is 0. The molecule has 32 valence electrons. The molecule has 0 N–H and O–H groups in total. The molecule has 1 nitrogen and oxygen atoms in total. The fourth-order valence-electron chi connectivity index (χ4n) is 0.0168. The van der Waals surface area contributed by atoms with Crippen molar-refractivity contribution in [1.82, 2.24) is 0 Å². The molecular formula is CH2F2OS. The van der Waals surface area contributed by atoms with Crippen molar-refractivity contribution in [2.75, 3.05) is 6.86 Å². The average Bonchev–Trinajstić information content (AvgIpc) is 1.41. The predicted molar refractivity (Wildman–Crippen MR) is 15.8 cm³/mol. The van der Waals surface area contributed by atoms with Crippen LogP contribution in [0.4, 0.5) is 8.28 Å². The summed E-state index contributed by atoms with van der Waals surface area (Å²) in [6.45, 7) is -1.07. The second-order valence-corrected chi connectivity index (χ2v) is 0.652. The molecule has 0 bridgehead atoms. The lowest BCUT2D eigenvalue weighted by Crippen LogP contribution is -1.65. The van der Waals surface area contributed by atoms with E-state index in [0.29, 0.717) is 0 Å². The van der Waals surface area contributed by atoms with Crippen LogP contribution in [0, 0.1) is 0 Å². The van der Waals surface area contributed by atoms with Gasteiger partial charge in [-0.2, -0.15) is 0 Å². The van der Waals surface area contributed by atoms with E-state index in [0.717, 1.165) is 0 Å². The summed E-state index contributed by atoms with van der Waals surface area (Å²) in [6.07, 6.45) is 0. The Kier molecular flexibility index (Phi) is 4.31. The van der Waals surface area contributed by atoms with Gasteiger partial charge in [0.2, 0.25) is 19.3 Å². The average molecular weight is 100 g/mol. The number of alkyl halides is 1. The normalized spacial score (nSPS) is 8.40. The number of rotatable bonds is 2. The maximum atomic E-state index is 10.5. The highest BCUT2D eigenvalue weighted by Gasteiger charge is 1.74. The summed E-state index contributed by atoms with van der Waals surface area (Å²) in [6, 6.07) is 0. The fraction of sp³-hybridized carbons (Fsp3) is 1.00. The Hall–Kier alpha value is 0.170. The molecule has 0 saturated heterocycles. The van der Waals surface area contributed by atoms with E-state index in [-0.39, 0.29) is 0 Å². The zero-order valence-electron chi connectivity index (χ0n) is 2.28. The van der Waals surface area contributed by atoms with E-state index in [1.54, 1.807) is 0 Å². The zero-order valence-corrected chi connectivity index (χ0v) is 3.10. The molecule has 5 heavy (non-hydrogen) atoms. The van der Waals surface area contributed by atoms with Gasteiger partial charge in [-0.25, -0.2) is 4.39 Å². The topological polar surface area (TPSA) is 9.23 Å². The lowest BCUT2D eigenvalue weighted by Gasteiger charge is -1.76. The molecular weight excluding hydrogens is 98.1 g/mol. The lowest BCUT2D eigenvalue weighted by atomic mass is 11.6. The third-order valence-electron chi connectivity index (χ3n) is 0.0891. The third kappa shape index (κ3) is 4.17. The van der Waals surface area contributed by atoms with Crippen molar-refractivity contribution in [3.8, 4) is 0 Å². The summed E-state index contributed by atoms with van der Waals surface area (Å²) in [5, 5.41) is 0. The Morgan fingerprint density at radius 3 is 2.40 bits per heavy atom. The van der Waals surface area contributed by atoms with Crippen LogP contribution in [0.2, 0.25) is 0 Å². The first kappa shape index (κ1) is 5.17. The van der Waals surface area contributed by atoms with Crippen LogP contribution in [0.25, 0.3) is 0 Å². The van der Waals surface area contributed by atoms with E-state index in [4.69, 9.17) is 0 Å². The minimum Gasteiger partial charge on any atom is -0.253 e. The largest absolute Gasteiger partial charge is 0.253 e. The first-order valence-electron chi connectivity index (χ1n) is 0.877. The molecule has 0 rings (SSSR count). The van der Waals surface area contributed by atoms with Crippen molar-refractivity contribution < 1.29 is 12.5 Å². The molecule has 0 amide bonds. The van der Waals surface area contributed by atoms with Gasteiger partial charge in [0, 0.05) is 0 Å².